The molecule has 5 heteroatoms. The van der Waals surface area contributed by atoms with Gasteiger partial charge in [-0.2, -0.15) is 0 Å². The number of aliphatic hydroxyl groups is 5. The first kappa shape index (κ1) is 15.1. The third-order valence-electron chi connectivity index (χ3n) is 2.88. The molecule has 4 atom stereocenters. The largest absolute Gasteiger partial charge is 0.396 e. The summed E-state index contributed by atoms with van der Waals surface area (Å²) in [6.45, 7) is 1.55. The highest BCUT2D eigenvalue weighted by atomic mass is 16.4. The van der Waals surface area contributed by atoms with E-state index >= 15 is 0 Å². The second-order valence-electron chi connectivity index (χ2n) is 4.42. The lowest BCUT2D eigenvalue weighted by Crippen LogP contribution is -2.41. The fourth-order valence-corrected chi connectivity index (χ4v) is 1.77. The molecule has 4 unspecified atom stereocenters. The topological polar surface area (TPSA) is 101 Å². The van der Waals surface area contributed by atoms with Crippen molar-refractivity contribution in [1.82, 2.24) is 0 Å². The van der Waals surface area contributed by atoms with Crippen LogP contribution in [-0.2, 0) is 0 Å². The van der Waals surface area contributed by atoms with Crippen LogP contribution in [-0.4, -0.2) is 50.5 Å². The molecule has 0 radical (unpaired) electrons. The van der Waals surface area contributed by atoms with E-state index in [2.05, 4.69) is 0 Å². The van der Waals surface area contributed by atoms with E-state index in [1.807, 2.05) is 13.0 Å². The summed E-state index contributed by atoms with van der Waals surface area (Å²) in [5.41, 5.74) is 1.39. The number of benzene rings is 1. The van der Waals surface area contributed by atoms with Crippen LogP contribution < -0.4 is 0 Å². The minimum Gasteiger partial charge on any atom is -0.396 e. The summed E-state index contributed by atoms with van der Waals surface area (Å²) in [6, 6.07) is 6.90. The van der Waals surface area contributed by atoms with Crippen LogP contribution in [0.1, 0.15) is 23.7 Å². The van der Waals surface area contributed by atoms with Crippen LogP contribution in [0, 0.1) is 6.92 Å². The van der Waals surface area contributed by atoms with Gasteiger partial charge >= 0.3 is 0 Å². The van der Waals surface area contributed by atoms with E-state index in [0.29, 0.717) is 5.56 Å². The molecular formula is C13H20O5. The molecule has 0 aliphatic heterocycles. The van der Waals surface area contributed by atoms with Gasteiger partial charge in [0.05, 0.1) is 6.10 Å². The molecule has 102 valence electrons. The zero-order chi connectivity index (χ0) is 13.7. The summed E-state index contributed by atoms with van der Waals surface area (Å²) in [6.07, 6.45) is -5.63. The SMILES string of the molecule is Cc1cccc(C(O)C(O)C(O)C(O)CCO)c1. The van der Waals surface area contributed by atoms with Gasteiger partial charge in [-0.25, -0.2) is 0 Å². The summed E-state index contributed by atoms with van der Waals surface area (Å²) >= 11 is 0. The molecule has 18 heavy (non-hydrogen) atoms. The van der Waals surface area contributed by atoms with Crippen LogP contribution in [0.5, 0.6) is 0 Å². The first-order chi connectivity index (χ1) is 8.47. The van der Waals surface area contributed by atoms with Crippen LogP contribution in [0.25, 0.3) is 0 Å². The normalized spacial score (nSPS) is 18.1. The van der Waals surface area contributed by atoms with Crippen LogP contribution >= 0.6 is 0 Å². The molecule has 0 aliphatic carbocycles. The lowest BCUT2D eigenvalue weighted by molar-refractivity contribution is -0.110. The van der Waals surface area contributed by atoms with Gasteiger partial charge in [-0.3, -0.25) is 0 Å². The quantitative estimate of drug-likeness (QED) is 0.472. The van der Waals surface area contributed by atoms with E-state index in [1.165, 1.54) is 0 Å². The summed E-state index contributed by atoms with van der Waals surface area (Å²) in [5.74, 6) is 0. The monoisotopic (exact) mass is 256 g/mol. The van der Waals surface area contributed by atoms with E-state index in [4.69, 9.17) is 5.11 Å². The van der Waals surface area contributed by atoms with Crippen LogP contribution in [0.3, 0.4) is 0 Å². The molecule has 0 aliphatic rings. The van der Waals surface area contributed by atoms with Gasteiger partial charge in [-0.05, 0) is 18.9 Å². The molecule has 1 aromatic carbocycles. The molecule has 0 aromatic heterocycles. The van der Waals surface area contributed by atoms with Crippen molar-refractivity contribution in [1.29, 1.82) is 0 Å². The molecule has 5 nitrogen and oxygen atoms in total. The zero-order valence-electron chi connectivity index (χ0n) is 10.3. The van der Waals surface area contributed by atoms with Gasteiger partial charge in [-0.1, -0.05) is 29.8 Å². The van der Waals surface area contributed by atoms with Crippen molar-refractivity contribution in [2.24, 2.45) is 0 Å². The molecular weight excluding hydrogens is 236 g/mol. The van der Waals surface area contributed by atoms with Gasteiger partial charge in [0.15, 0.2) is 0 Å². The van der Waals surface area contributed by atoms with Gasteiger partial charge in [0, 0.05) is 6.61 Å². The highest BCUT2D eigenvalue weighted by molar-refractivity contribution is 5.25. The van der Waals surface area contributed by atoms with Crippen molar-refractivity contribution in [3.63, 3.8) is 0 Å². The second kappa shape index (κ2) is 6.82. The van der Waals surface area contributed by atoms with Gasteiger partial charge in [0.25, 0.3) is 0 Å². The van der Waals surface area contributed by atoms with Crippen molar-refractivity contribution < 1.29 is 25.5 Å². The van der Waals surface area contributed by atoms with Gasteiger partial charge in [0.1, 0.15) is 18.3 Å². The highest BCUT2D eigenvalue weighted by Gasteiger charge is 2.30. The summed E-state index contributed by atoms with van der Waals surface area (Å²) in [4.78, 5) is 0. The predicted molar refractivity (Wildman–Crippen MR) is 65.9 cm³/mol. The van der Waals surface area contributed by atoms with E-state index in [-0.39, 0.29) is 13.0 Å². The number of aryl methyl sites for hydroxylation is 1. The lowest BCUT2D eigenvalue weighted by Gasteiger charge is -2.26. The minimum atomic E-state index is -1.51. The Kier molecular flexibility index (Phi) is 5.71. The smallest absolute Gasteiger partial charge is 0.112 e. The molecule has 0 saturated heterocycles. The van der Waals surface area contributed by atoms with Crippen LogP contribution in [0.2, 0.25) is 0 Å². The molecule has 0 spiro atoms. The molecule has 0 amide bonds. The van der Waals surface area contributed by atoms with E-state index < -0.39 is 24.4 Å². The Bertz CT molecular complexity index is 368. The van der Waals surface area contributed by atoms with Crippen LogP contribution in [0.4, 0.5) is 0 Å². The Morgan fingerprint density at radius 3 is 2.28 bits per heavy atom. The fraction of sp³-hybridized carbons (Fsp3) is 0.538. The fourth-order valence-electron chi connectivity index (χ4n) is 1.77. The average molecular weight is 256 g/mol. The van der Waals surface area contributed by atoms with Crippen molar-refractivity contribution in [3.8, 4) is 0 Å². The minimum absolute atomic E-state index is 0.0568. The van der Waals surface area contributed by atoms with Crippen LogP contribution in [0.15, 0.2) is 24.3 Å². The molecule has 0 saturated carbocycles. The van der Waals surface area contributed by atoms with Gasteiger partial charge in [0.2, 0.25) is 0 Å². The number of aliphatic hydroxyl groups excluding tert-OH is 5. The summed E-state index contributed by atoms with van der Waals surface area (Å²) < 4.78 is 0. The number of rotatable bonds is 6. The molecule has 0 heterocycles. The Morgan fingerprint density at radius 1 is 1.06 bits per heavy atom. The van der Waals surface area contributed by atoms with Gasteiger partial charge in [-0.15, -0.1) is 0 Å². The lowest BCUT2D eigenvalue weighted by atomic mass is 9.95. The first-order valence-corrected chi connectivity index (χ1v) is 5.87. The zero-order valence-corrected chi connectivity index (χ0v) is 10.3. The molecule has 0 bridgehead atoms. The third-order valence-corrected chi connectivity index (χ3v) is 2.88. The molecule has 5 N–H and O–H groups in total. The second-order valence-corrected chi connectivity index (χ2v) is 4.42. The standard InChI is InChI=1S/C13H20O5/c1-8-3-2-4-9(7-8)11(16)13(18)12(17)10(15)5-6-14/h2-4,7,10-18H,5-6H2,1H3. The van der Waals surface area contributed by atoms with E-state index in [9.17, 15) is 20.4 Å². The third kappa shape index (κ3) is 3.76. The van der Waals surface area contributed by atoms with E-state index in [0.717, 1.165) is 5.56 Å². The highest BCUT2D eigenvalue weighted by Crippen LogP contribution is 2.21. The maximum atomic E-state index is 9.92. The summed E-state index contributed by atoms with van der Waals surface area (Å²) in [5, 5.41) is 47.5. The Morgan fingerprint density at radius 2 is 1.72 bits per heavy atom. The molecule has 1 aromatic rings. The summed E-state index contributed by atoms with van der Waals surface area (Å²) in [7, 11) is 0. The Balaban J connectivity index is 2.74. The maximum Gasteiger partial charge on any atom is 0.112 e. The van der Waals surface area contributed by atoms with Crippen molar-refractivity contribution >= 4 is 0 Å². The first-order valence-electron chi connectivity index (χ1n) is 5.87. The molecule has 0 fully saturated rings. The van der Waals surface area contributed by atoms with Gasteiger partial charge < -0.3 is 25.5 Å². The average Bonchev–Trinajstić information content (AvgIpc) is 2.36. The Hall–Kier alpha value is -0.980. The van der Waals surface area contributed by atoms with E-state index in [1.54, 1.807) is 18.2 Å². The number of hydrogen-bond acceptors (Lipinski definition) is 5. The predicted octanol–water partition coefficient (Wildman–Crippen LogP) is -0.506. The maximum absolute atomic E-state index is 9.92. The van der Waals surface area contributed by atoms with Crippen molar-refractivity contribution in [3.05, 3.63) is 35.4 Å². The molecule has 1 rings (SSSR count). The van der Waals surface area contributed by atoms with Crippen molar-refractivity contribution in [2.75, 3.05) is 6.61 Å². The Labute approximate surface area is 106 Å². The van der Waals surface area contributed by atoms with Crippen molar-refractivity contribution in [2.45, 2.75) is 37.8 Å². The number of hydrogen-bond donors (Lipinski definition) is 5.